The highest BCUT2D eigenvalue weighted by Gasteiger charge is 2.26. The first-order valence-electron chi connectivity index (χ1n) is 6.69. The van der Waals surface area contributed by atoms with Crippen molar-refractivity contribution in [1.29, 1.82) is 0 Å². The molecule has 0 unspecified atom stereocenters. The van der Waals surface area contributed by atoms with Crippen LogP contribution in [0.5, 0.6) is 0 Å². The van der Waals surface area contributed by atoms with E-state index in [9.17, 15) is 4.39 Å². The lowest BCUT2D eigenvalue weighted by molar-refractivity contribution is 0.200. The zero-order valence-electron chi connectivity index (χ0n) is 11.0. The molecule has 1 atom stereocenters. The minimum Gasteiger partial charge on any atom is -0.314 e. The molecule has 106 valence electrons. The van der Waals surface area contributed by atoms with Gasteiger partial charge in [-0.25, -0.2) is 4.39 Å². The number of halogens is 2. The molecule has 2 nitrogen and oxygen atoms in total. The van der Waals surface area contributed by atoms with Crippen molar-refractivity contribution in [2.24, 2.45) is 0 Å². The molecule has 1 aliphatic rings. The summed E-state index contributed by atoms with van der Waals surface area (Å²) in [5.41, 5.74) is 1.13. The van der Waals surface area contributed by atoms with Crippen molar-refractivity contribution in [3.05, 3.63) is 56.4 Å². The van der Waals surface area contributed by atoms with Gasteiger partial charge in [0.25, 0.3) is 0 Å². The fraction of sp³-hybridized carbons (Fsp3) is 0.333. The zero-order chi connectivity index (χ0) is 13.9. The van der Waals surface area contributed by atoms with E-state index < -0.39 is 0 Å². The largest absolute Gasteiger partial charge is 0.314 e. The van der Waals surface area contributed by atoms with E-state index in [0.29, 0.717) is 0 Å². The molecule has 2 aromatic rings. The molecule has 1 saturated heterocycles. The Labute approximate surface area is 130 Å². The van der Waals surface area contributed by atoms with Gasteiger partial charge in [-0.3, -0.25) is 4.90 Å². The van der Waals surface area contributed by atoms with E-state index in [-0.39, 0.29) is 11.9 Å². The van der Waals surface area contributed by atoms with E-state index >= 15 is 0 Å². The molecule has 0 saturated carbocycles. The fourth-order valence-electron chi connectivity index (χ4n) is 2.64. The van der Waals surface area contributed by atoms with Crippen LogP contribution in [0.15, 0.2) is 40.2 Å². The van der Waals surface area contributed by atoms with Crippen LogP contribution in [0, 0.1) is 5.82 Å². The van der Waals surface area contributed by atoms with Crippen molar-refractivity contribution < 1.29 is 4.39 Å². The smallest absolute Gasteiger partial charge is 0.124 e. The van der Waals surface area contributed by atoms with Gasteiger partial charge in [0.2, 0.25) is 0 Å². The van der Waals surface area contributed by atoms with E-state index in [2.05, 4.69) is 43.7 Å². The summed E-state index contributed by atoms with van der Waals surface area (Å²) in [5.74, 6) is -0.203. The number of nitrogens with one attached hydrogen (secondary N) is 1. The predicted molar refractivity (Wildman–Crippen MR) is 84.7 cm³/mol. The SMILES string of the molecule is Fc1ccc([C@@H](c2cccs2)N2CCNCC2)c(Br)c1. The third-order valence-electron chi connectivity index (χ3n) is 3.59. The summed E-state index contributed by atoms with van der Waals surface area (Å²) in [6.45, 7) is 4.01. The number of benzene rings is 1. The van der Waals surface area contributed by atoms with Crippen LogP contribution < -0.4 is 5.32 Å². The minimum atomic E-state index is -0.203. The van der Waals surface area contributed by atoms with Gasteiger partial charge in [0.05, 0.1) is 6.04 Å². The van der Waals surface area contributed by atoms with Gasteiger partial charge < -0.3 is 5.32 Å². The number of thiophene rings is 1. The van der Waals surface area contributed by atoms with E-state index in [1.54, 1.807) is 23.5 Å². The molecule has 1 aliphatic heterocycles. The Morgan fingerprint density at radius 3 is 2.70 bits per heavy atom. The highest BCUT2D eigenvalue weighted by atomic mass is 79.9. The topological polar surface area (TPSA) is 15.3 Å². The monoisotopic (exact) mass is 354 g/mol. The summed E-state index contributed by atoms with van der Waals surface area (Å²) in [6.07, 6.45) is 0. The third kappa shape index (κ3) is 2.96. The standard InChI is InChI=1S/C15H16BrFN2S/c16-13-10-11(17)3-4-12(13)15(14-2-1-9-20-14)19-7-5-18-6-8-19/h1-4,9-10,15,18H,5-8H2/t15-/m0/s1. The molecular weight excluding hydrogens is 339 g/mol. The first-order valence-corrected chi connectivity index (χ1v) is 8.36. The van der Waals surface area contributed by atoms with Crippen molar-refractivity contribution in [2.45, 2.75) is 6.04 Å². The van der Waals surface area contributed by atoms with Crippen molar-refractivity contribution in [1.82, 2.24) is 10.2 Å². The third-order valence-corrected chi connectivity index (χ3v) is 5.20. The number of hydrogen-bond donors (Lipinski definition) is 1. The molecule has 1 aromatic carbocycles. The Balaban J connectivity index is 2.00. The van der Waals surface area contributed by atoms with Gasteiger partial charge in [-0.05, 0) is 29.1 Å². The van der Waals surface area contributed by atoms with Crippen LogP contribution in [0.4, 0.5) is 4.39 Å². The van der Waals surface area contributed by atoms with Crippen LogP contribution in [0.2, 0.25) is 0 Å². The second-order valence-electron chi connectivity index (χ2n) is 4.87. The highest BCUT2D eigenvalue weighted by molar-refractivity contribution is 9.10. The Kier molecular flexibility index (Phi) is 4.51. The molecule has 20 heavy (non-hydrogen) atoms. The molecule has 1 aromatic heterocycles. The molecule has 3 rings (SSSR count). The second-order valence-corrected chi connectivity index (χ2v) is 6.70. The first-order chi connectivity index (χ1) is 9.75. The van der Waals surface area contributed by atoms with E-state index in [4.69, 9.17) is 0 Å². The molecule has 0 spiro atoms. The molecule has 0 bridgehead atoms. The lowest BCUT2D eigenvalue weighted by Crippen LogP contribution is -2.45. The van der Waals surface area contributed by atoms with Crippen LogP contribution in [0.3, 0.4) is 0 Å². The Morgan fingerprint density at radius 2 is 2.05 bits per heavy atom. The van der Waals surface area contributed by atoms with Crippen LogP contribution in [0.25, 0.3) is 0 Å². The average Bonchev–Trinajstić information content (AvgIpc) is 2.97. The van der Waals surface area contributed by atoms with Crippen LogP contribution in [-0.4, -0.2) is 31.1 Å². The number of nitrogens with zero attached hydrogens (tertiary/aromatic N) is 1. The molecule has 5 heteroatoms. The summed E-state index contributed by atoms with van der Waals surface area (Å²) in [6, 6.07) is 9.43. The van der Waals surface area contributed by atoms with Crippen LogP contribution in [0.1, 0.15) is 16.5 Å². The van der Waals surface area contributed by atoms with Gasteiger partial charge in [0, 0.05) is 35.5 Å². The molecule has 1 N–H and O–H groups in total. The molecular formula is C15H16BrFN2S. The maximum atomic E-state index is 13.3. The quantitative estimate of drug-likeness (QED) is 0.904. The van der Waals surface area contributed by atoms with Crippen molar-refractivity contribution in [3.63, 3.8) is 0 Å². The molecule has 2 heterocycles. The van der Waals surface area contributed by atoms with Crippen molar-refractivity contribution >= 4 is 27.3 Å². The first kappa shape index (κ1) is 14.2. The van der Waals surface area contributed by atoms with Gasteiger partial charge in [0.1, 0.15) is 5.82 Å². The predicted octanol–water partition coefficient (Wildman–Crippen LogP) is 3.64. The number of hydrogen-bond acceptors (Lipinski definition) is 3. The van der Waals surface area contributed by atoms with E-state index in [1.165, 1.54) is 4.88 Å². The van der Waals surface area contributed by atoms with Crippen LogP contribution >= 0.6 is 27.3 Å². The van der Waals surface area contributed by atoms with Crippen molar-refractivity contribution in [2.75, 3.05) is 26.2 Å². The zero-order valence-corrected chi connectivity index (χ0v) is 13.4. The van der Waals surface area contributed by atoms with Gasteiger partial charge in [-0.1, -0.05) is 28.1 Å². The normalized spacial score (nSPS) is 18.1. The Morgan fingerprint density at radius 1 is 1.25 bits per heavy atom. The second kappa shape index (κ2) is 6.35. The van der Waals surface area contributed by atoms with Gasteiger partial charge in [-0.2, -0.15) is 0 Å². The van der Waals surface area contributed by atoms with E-state index in [1.807, 2.05) is 6.07 Å². The molecule has 0 aliphatic carbocycles. The highest BCUT2D eigenvalue weighted by Crippen LogP contribution is 2.36. The summed E-state index contributed by atoms with van der Waals surface area (Å²) in [4.78, 5) is 3.76. The lowest BCUT2D eigenvalue weighted by Gasteiger charge is -2.35. The Hall–Kier alpha value is -0.750. The molecule has 0 radical (unpaired) electrons. The fourth-order valence-corrected chi connectivity index (χ4v) is 4.08. The summed E-state index contributed by atoms with van der Waals surface area (Å²) in [5, 5.41) is 5.48. The van der Waals surface area contributed by atoms with Crippen molar-refractivity contribution in [3.8, 4) is 0 Å². The van der Waals surface area contributed by atoms with Gasteiger partial charge in [-0.15, -0.1) is 11.3 Å². The number of piperazine rings is 1. The minimum absolute atomic E-state index is 0.201. The average molecular weight is 355 g/mol. The molecule has 1 fully saturated rings. The van der Waals surface area contributed by atoms with Gasteiger partial charge in [0.15, 0.2) is 0 Å². The number of rotatable bonds is 3. The van der Waals surface area contributed by atoms with Gasteiger partial charge >= 0.3 is 0 Å². The molecule has 0 amide bonds. The maximum absolute atomic E-state index is 13.3. The summed E-state index contributed by atoms with van der Waals surface area (Å²) >= 11 is 5.28. The lowest BCUT2D eigenvalue weighted by atomic mass is 10.0. The van der Waals surface area contributed by atoms with E-state index in [0.717, 1.165) is 36.2 Å². The maximum Gasteiger partial charge on any atom is 0.124 e. The Bertz CT molecular complexity index is 567. The summed E-state index contributed by atoms with van der Waals surface area (Å²) in [7, 11) is 0. The van der Waals surface area contributed by atoms with Crippen LogP contribution in [-0.2, 0) is 0 Å². The summed E-state index contributed by atoms with van der Waals surface area (Å²) < 4.78 is 14.2.